The van der Waals surface area contributed by atoms with Gasteiger partial charge >= 0.3 is 0 Å². The molecule has 2 aromatic rings. The summed E-state index contributed by atoms with van der Waals surface area (Å²) in [6, 6.07) is 3.87. The zero-order chi connectivity index (χ0) is 12.6. The molecular formula is C11H6BrClF2N2. The number of hydrogen-bond donors (Lipinski definition) is 0. The van der Waals surface area contributed by atoms with Crippen LogP contribution in [0.25, 0.3) is 11.4 Å². The Balaban J connectivity index is 2.60. The van der Waals surface area contributed by atoms with E-state index in [-0.39, 0.29) is 21.0 Å². The van der Waals surface area contributed by atoms with E-state index in [0.717, 1.165) is 12.1 Å². The molecule has 1 heterocycles. The third-order valence-corrected chi connectivity index (χ3v) is 3.02. The highest BCUT2D eigenvalue weighted by molar-refractivity contribution is 9.10. The van der Waals surface area contributed by atoms with Crippen molar-refractivity contribution in [3.05, 3.63) is 45.2 Å². The number of nitrogens with zero attached hydrogens (tertiary/aromatic N) is 2. The average molecular weight is 320 g/mol. The van der Waals surface area contributed by atoms with E-state index in [1.165, 1.54) is 0 Å². The predicted molar refractivity (Wildman–Crippen MR) is 64.8 cm³/mol. The number of aryl methyl sites for hydroxylation is 1. The van der Waals surface area contributed by atoms with Crippen molar-refractivity contribution in [3.63, 3.8) is 0 Å². The zero-order valence-corrected chi connectivity index (χ0v) is 11.0. The van der Waals surface area contributed by atoms with E-state index in [1.807, 2.05) is 0 Å². The van der Waals surface area contributed by atoms with Gasteiger partial charge in [-0.15, -0.1) is 0 Å². The second-order valence-corrected chi connectivity index (χ2v) is 4.59. The van der Waals surface area contributed by atoms with Crippen LogP contribution in [-0.4, -0.2) is 9.97 Å². The number of rotatable bonds is 1. The Hall–Kier alpha value is -1.07. The number of aromatic nitrogens is 2. The number of hydrogen-bond acceptors (Lipinski definition) is 2. The molecule has 0 aliphatic heterocycles. The Morgan fingerprint density at radius 1 is 1.12 bits per heavy atom. The van der Waals surface area contributed by atoms with Crippen molar-refractivity contribution in [1.82, 2.24) is 9.97 Å². The third kappa shape index (κ3) is 2.61. The summed E-state index contributed by atoms with van der Waals surface area (Å²) < 4.78 is 26.5. The van der Waals surface area contributed by atoms with Crippen LogP contribution in [0.1, 0.15) is 5.69 Å². The zero-order valence-electron chi connectivity index (χ0n) is 8.64. The van der Waals surface area contributed by atoms with Gasteiger partial charge in [-0.1, -0.05) is 11.6 Å². The minimum absolute atomic E-state index is 0.195. The van der Waals surface area contributed by atoms with Crippen molar-refractivity contribution in [1.29, 1.82) is 0 Å². The van der Waals surface area contributed by atoms with Gasteiger partial charge in [0.2, 0.25) is 0 Å². The molecule has 0 bridgehead atoms. The van der Waals surface area contributed by atoms with Crippen LogP contribution >= 0.6 is 27.5 Å². The smallest absolute Gasteiger partial charge is 0.161 e. The second kappa shape index (κ2) is 4.66. The van der Waals surface area contributed by atoms with Gasteiger partial charge in [0.05, 0.1) is 4.47 Å². The normalized spacial score (nSPS) is 10.6. The van der Waals surface area contributed by atoms with Crippen molar-refractivity contribution in [3.8, 4) is 11.4 Å². The average Bonchev–Trinajstić information content (AvgIpc) is 2.23. The molecule has 2 nitrogen and oxygen atoms in total. The molecular weight excluding hydrogens is 313 g/mol. The van der Waals surface area contributed by atoms with Crippen LogP contribution in [0.5, 0.6) is 0 Å². The molecule has 0 unspecified atom stereocenters. The number of benzene rings is 1. The van der Waals surface area contributed by atoms with Gasteiger partial charge in [0.25, 0.3) is 0 Å². The van der Waals surface area contributed by atoms with Gasteiger partial charge in [-0.05, 0) is 41.1 Å². The van der Waals surface area contributed by atoms with Gasteiger partial charge in [-0.3, -0.25) is 0 Å². The maximum atomic E-state index is 13.4. The Kier molecular flexibility index (Phi) is 3.40. The molecule has 0 atom stereocenters. The van der Waals surface area contributed by atoms with Gasteiger partial charge in [-0.25, -0.2) is 18.7 Å². The van der Waals surface area contributed by atoms with Crippen LogP contribution in [-0.2, 0) is 0 Å². The summed E-state index contributed by atoms with van der Waals surface area (Å²) in [5, 5.41) is 0.233. The monoisotopic (exact) mass is 318 g/mol. The predicted octanol–water partition coefficient (Wildman–Crippen LogP) is 4.15. The van der Waals surface area contributed by atoms with E-state index >= 15 is 0 Å². The Bertz CT molecular complexity index is 546. The molecule has 0 saturated carbocycles. The number of halogens is 4. The van der Waals surface area contributed by atoms with Crippen molar-refractivity contribution in [2.45, 2.75) is 6.92 Å². The summed E-state index contributed by atoms with van der Waals surface area (Å²) in [6.45, 7) is 1.72. The van der Waals surface area contributed by atoms with Crippen molar-refractivity contribution >= 4 is 27.5 Å². The van der Waals surface area contributed by atoms with E-state index < -0.39 is 11.6 Å². The lowest BCUT2D eigenvalue weighted by Gasteiger charge is -2.04. The van der Waals surface area contributed by atoms with Gasteiger partial charge < -0.3 is 0 Å². The SMILES string of the molecule is Cc1cc(Cl)nc(-c2cc(F)c(Br)c(F)c2)n1. The molecule has 0 radical (unpaired) electrons. The van der Waals surface area contributed by atoms with Gasteiger partial charge in [0, 0.05) is 11.3 Å². The lowest BCUT2D eigenvalue weighted by atomic mass is 10.2. The Morgan fingerprint density at radius 2 is 1.71 bits per heavy atom. The first-order chi connectivity index (χ1) is 7.97. The fourth-order valence-electron chi connectivity index (χ4n) is 1.34. The minimum Gasteiger partial charge on any atom is -0.233 e. The van der Waals surface area contributed by atoms with Crippen LogP contribution in [0, 0.1) is 18.6 Å². The second-order valence-electron chi connectivity index (χ2n) is 3.41. The van der Waals surface area contributed by atoms with E-state index in [1.54, 1.807) is 13.0 Å². The molecule has 0 N–H and O–H groups in total. The van der Waals surface area contributed by atoms with E-state index in [4.69, 9.17) is 11.6 Å². The standard InChI is InChI=1S/C11H6BrClF2N2/c1-5-2-9(13)17-11(16-5)6-3-7(14)10(12)8(15)4-6/h2-4H,1H3. The highest BCUT2D eigenvalue weighted by atomic mass is 79.9. The van der Waals surface area contributed by atoms with Gasteiger partial charge in [0.1, 0.15) is 16.8 Å². The van der Waals surface area contributed by atoms with Crippen LogP contribution in [0.15, 0.2) is 22.7 Å². The maximum absolute atomic E-state index is 13.4. The van der Waals surface area contributed by atoms with Crippen molar-refractivity contribution < 1.29 is 8.78 Å². The molecule has 88 valence electrons. The summed E-state index contributed by atoms with van der Waals surface area (Å²) in [6.07, 6.45) is 0. The van der Waals surface area contributed by atoms with Gasteiger partial charge in [0.15, 0.2) is 5.82 Å². The van der Waals surface area contributed by atoms with Gasteiger partial charge in [-0.2, -0.15) is 0 Å². The minimum atomic E-state index is -0.707. The fraction of sp³-hybridized carbons (Fsp3) is 0.0909. The molecule has 0 fully saturated rings. The first-order valence-corrected chi connectivity index (χ1v) is 5.80. The first-order valence-electron chi connectivity index (χ1n) is 4.63. The van der Waals surface area contributed by atoms with E-state index in [9.17, 15) is 8.78 Å². The lowest BCUT2D eigenvalue weighted by molar-refractivity contribution is 0.572. The molecule has 1 aromatic heterocycles. The first kappa shape index (κ1) is 12.4. The summed E-state index contributed by atoms with van der Waals surface area (Å²) in [4.78, 5) is 7.99. The quantitative estimate of drug-likeness (QED) is 0.583. The molecule has 17 heavy (non-hydrogen) atoms. The lowest BCUT2D eigenvalue weighted by Crippen LogP contribution is -1.94. The van der Waals surface area contributed by atoms with Crippen LogP contribution in [0.4, 0.5) is 8.78 Å². The van der Waals surface area contributed by atoms with E-state index in [0.29, 0.717) is 5.69 Å². The summed E-state index contributed by atoms with van der Waals surface area (Å²) in [5.41, 5.74) is 0.873. The van der Waals surface area contributed by atoms with Crippen molar-refractivity contribution in [2.24, 2.45) is 0 Å². The van der Waals surface area contributed by atoms with E-state index in [2.05, 4.69) is 25.9 Å². The Morgan fingerprint density at radius 3 is 2.24 bits per heavy atom. The Labute approximate surface area is 110 Å². The fourth-order valence-corrected chi connectivity index (χ4v) is 1.81. The summed E-state index contributed by atoms with van der Waals surface area (Å²) in [5.74, 6) is -1.22. The molecule has 0 aliphatic carbocycles. The molecule has 0 saturated heterocycles. The summed E-state index contributed by atoms with van der Waals surface area (Å²) in [7, 11) is 0. The van der Waals surface area contributed by atoms with Crippen LogP contribution < -0.4 is 0 Å². The molecule has 0 aliphatic rings. The molecule has 6 heteroatoms. The maximum Gasteiger partial charge on any atom is 0.161 e. The van der Waals surface area contributed by atoms with Crippen LogP contribution in [0.3, 0.4) is 0 Å². The topological polar surface area (TPSA) is 25.8 Å². The highest BCUT2D eigenvalue weighted by Gasteiger charge is 2.12. The summed E-state index contributed by atoms with van der Waals surface area (Å²) >= 11 is 8.56. The van der Waals surface area contributed by atoms with Crippen LogP contribution in [0.2, 0.25) is 5.15 Å². The third-order valence-electron chi connectivity index (χ3n) is 2.06. The molecule has 0 amide bonds. The largest absolute Gasteiger partial charge is 0.233 e. The molecule has 1 aromatic carbocycles. The molecule has 2 rings (SSSR count). The van der Waals surface area contributed by atoms with Crippen molar-refractivity contribution in [2.75, 3.05) is 0 Å². The highest BCUT2D eigenvalue weighted by Crippen LogP contribution is 2.26. The molecule has 0 spiro atoms.